The Morgan fingerprint density at radius 2 is 1.82 bits per heavy atom. The molecule has 0 bridgehead atoms. The molecule has 0 radical (unpaired) electrons. The van der Waals surface area contributed by atoms with Gasteiger partial charge in [-0.2, -0.15) is 0 Å². The molecule has 0 aromatic carbocycles. The molecule has 2 aliphatic rings. The zero-order chi connectivity index (χ0) is 16.3. The van der Waals surface area contributed by atoms with Crippen LogP contribution in [-0.2, 0) is 4.74 Å². The zero-order valence-corrected chi connectivity index (χ0v) is 14.7. The molecule has 0 spiro atoms. The number of nitrogens with two attached hydrogens (primary N) is 1. The number of ether oxygens (including phenoxy) is 1. The van der Waals surface area contributed by atoms with E-state index in [1.807, 2.05) is 25.7 Å². The maximum atomic E-state index is 12.3. The van der Waals surface area contributed by atoms with E-state index in [0.717, 1.165) is 32.1 Å². The van der Waals surface area contributed by atoms with Gasteiger partial charge >= 0.3 is 6.09 Å². The normalized spacial score (nSPS) is 31.1. The van der Waals surface area contributed by atoms with Gasteiger partial charge in [0.15, 0.2) is 0 Å². The van der Waals surface area contributed by atoms with Crippen LogP contribution in [0, 0.1) is 5.92 Å². The minimum atomic E-state index is -0.422. The lowest BCUT2D eigenvalue weighted by Crippen LogP contribution is -2.57. The Bertz CT molecular complexity index is 373. The van der Waals surface area contributed by atoms with Crippen molar-refractivity contribution in [1.82, 2.24) is 9.80 Å². The minimum Gasteiger partial charge on any atom is -0.444 e. The molecule has 1 aliphatic carbocycles. The highest BCUT2D eigenvalue weighted by Gasteiger charge is 2.34. The predicted molar refractivity (Wildman–Crippen MR) is 88.8 cm³/mol. The Hall–Kier alpha value is -0.810. The molecule has 2 N–H and O–H groups in total. The van der Waals surface area contributed by atoms with Crippen LogP contribution in [0.3, 0.4) is 0 Å². The third-order valence-electron chi connectivity index (χ3n) is 4.95. The van der Waals surface area contributed by atoms with Crippen molar-refractivity contribution in [2.24, 2.45) is 11.7 Å². The van der Waals surface area contributed by atoms with Gasteiger partial charge in [0.1, 0.15) is 5.60 Å². The van der Waals surface area contributed by atoms with Gasteiger partial charge in [0.2, 0.25) is 0 Å². The molecule has 0 unspecified atom stereocenters. The average Bonchev–Trinajstić information content (AvgIpc) is 2.45. The van der Waals surface area contributed by atoms with Gasteiger partial charge in [-0.15, -0.1) is 0 Å². The topological polar surface area (TPSA) is 58.8 Å². The lowest BCUT2D eigenvalue weighted by molar-refractivity contribution is -0.00822. The molecule has 1 atom stereocenters. The molecule has 1 saturated heterocycles. The van der Waals surface area contributed by atoms with Crippen molar-refractivity contribution in [2.45, 2.75) is 71.1 Å². The van der Waals surface area contributed by atoms with Crippen LogP contribution in [0.15, 0.2) is 0 Å². The largest absolute Gasteiger partial charge is 0.444 e. The van der Waals surface area contributed by atoms with Crippen LogP contribution in [-0.4, -0.2) is 59.8 Å². The molecule has 22 heavy (non-hydrogen) atoms. The van der Waals surface area contributed by atoms with Crippen molar-refractivity contribution in [2.75, 3.05) is 26.2 Å². The SMILES string of the molecule is C[C@@H]1CN(C2CCC(CN)CC2)CCN1C(=O)OC(C)(C)C. The third kappa shape index (κ3) is 4.59. The van der Waals surface area contributed by atoms with Crippen molar-refractivity contribution in [1.29, 1.82) is 0 Å². The first kappa shape index (κ1) is 17.5. The molecule has 5 heteroatoms. The number of piperazine rings is 1. The summed E-state index contributed by atoms with van der Waals surface area (Å²) in [5, 5.41) is 0. The summed E-state index contributed by atoms with van der Waals surface area (Å²) in [6.07, 6.45) is 4.83. The van der Waals surface area contributed by atoms with Gasteiger partial charge in [-0.1, -0.05) is 0 Å². The van der Waals surface area contributed by atoms with Gasteiger partial charge in [0.25, 0.3) is 0 Å². The van der Waals surface area contributed by atoms with Crippen LogP contribution < -0.4 is 5.73 Å². The van der Waals surface area contributed by atoms with E-state index in [2.05, 4.69) is 11.8 Å². The van der Waals surface area contributed by atoms with Gasteiger partial charge in [-0.3, -0.25) is 4.90 Å². The summed E-state index contributed by atoms with van der Waals surface area (Å²) in [7, 11) is 0. The highest BCUT2D eigenvalue weighted by atomic mass is 16.6. The second-order valence-electron chi connectivity index (χ2n) is 7.93. The standard InChI is InChI=1S/C17H33N3O2/c1-13-12-19(15-7-5-14(11-18)6-8-15)9-10-20(13)16(21)22-17(2,3)4/h13-15H,5-12,18H2,1-4H3/t13-,14?,15?/m1/s1. The van der Waals surface area contributed by atoms with Gasteiger partial charge in [0, 0.05) is 31.7 Å². The molecule has 0 aromatic rings. The lowest BCUT2D eigenvalue weighted by Gasteiger charge is -2.45. The Morgan fingerprint density at radius 3 is 2.32 bits per heavy atom. The molecule has 128 valence electrons. The molecular formula is C17H33N3O2. The van der Waals surface area contributed by atoms with Crippen LogP contribution in [0.1, 0.15) is 53.4 Å². The number of rotatable bonds is 2. The smallest absolute Gasteiger partial charge is 0.410 e. The Balaban J connectivity index is 1.84. The number of hydrogen-bond acceptors (Lipinski definition) is 4. The molecule has 2 fully saturated rings. The summed E-state index contributed by atoms with van der Waals surface area (Å²) in [6, 6.07) is 0.891. The highest BCUT2D eigenvalue weighted by molar-refractivity contribution is 5.68. The van der Waals surface area contributed by atoms with E-state index in [1.54, 1.807) is 0 Å². The first-order chi connectivity index (χ1) is 10.3. The fourth-order valence-electron chi connectivity index (χ4n) is 3.65. The summed E-state index contributed by atoms with van der Waals surface area (Å²) in [6.45, 7) is 11.4. The number of hydrogen-bond donors (Lipinski definition) is 1. The highest BCUT2D eigenvalue weighted by Crippen LogP contribution is 2.28. The molecule has 2 rings (SSSR count). The summed E-state index contributed by atoms with van der Waals surface area (Å²) >= 11 is 0. The monoisotopic (exact) mass is 311 g/mol. The number of carbonyl (C=O) groups excluding carboxylic acids is 1. The Labute approximate surface area is 135 Å². The summed E-state index contributed by atoms with van der Waals surface area (Å²) in [5.74, 6) is 0.719. The van der Waals surface area contributed by atoms with Crippen molar-refractivity contribution in [3.63, 3.8) is 0 Å². The van der Waals surface area contributed by atoms with Crippen LogP contribution in [0.5, 0.6) is 0 Å². The lowest BCUT2D eigenvalue weighted by atomic mass is 9.85. The quantitative estimate of drug-likeness (QED) is 0.851. The van der Waals surface area contributed by atoms with E-state index in [-0.39, 0.29) is 12.1 Å². The molecule has 5 nitrogen and oxygen atoms in total. The van der Waals surface area contributed by atoms with Gasteiger partial charge in [-0.25, -0.2) is 4.79 Å². The second kappa shape index (κ2) is 7.18. The number of nitrogens with zero attached hydrogens (tertiary/aromatic N) is 2. The summed E-state index contributed by atoms with van der Waals surface area (Å²) < 4.78 is 5.51. The van der Waals surface area contributed by atoms with Crippen LogP contribution in [0.2, 0.25) is 0 Å². The second-order valence-corrected chi connectivity index (χ2v) is 7.93. The fourth-order valence-corrected chi connectivity index (χ4v) is 3.65. The Morgan fingerprint density at radius 1 is 1.18 bits per heavy atom. The first-order valence-electron chi connectivity index (χ1n) is 8.74. The number of amides is 1. The third-order valence-corrected chi connectivity index (χ3v) is 4.95. The van der Waals surface area contributed by atoms with E-state index in [0.29, 0.717) is 6.04 Å². The molecular weight excluding hydrogens is 278 g/mol. The first-order valence-corrected chi connectivity index (χ1v) is 8.74. The Kier molecular flexibility index (Phi) is 5.72. The van der Waals surface area contributed by atoms with Crippen molar-refractivity contribution < 1.29 is 9.53 Å². The van der Waals surface area contributed by atoms with Crippen molar-refractivity contribution in [3.05, 3.63) is 0 Å². The van der Waals surface area contributed by atoms with Gasteiger partial charge in [0.05, 0.1) is 0 Å². The van der Waals surface area contributed by atoms with E-state index in [4.69, 9.17) is 10.5 Å². The maximum Gasteiger partial charge on any atom is 0.410 e. The maximum absolute atomic E-state index is 12.3. The van der Waals surface area contributed by atoms with Crippen LogP contribution in [0.25, 0.3) is 0 Å². The molecule has 1 aliphatic heterocycles. The van der Waals surface area contributed by atoms with E-state index < -0.39 is 5.60 Å². The van der Waals surface area contributed by atoms with Gasteiger partial charge in [-0.05, 0) is 65.8 Å². The fraction of sp³-hybridized carbons (Fsp3) is 0.941. The number of carbonyl (C=O) groups is 1. The van der Waals surface area contributed by atoms with E-state index in [9.17, 15) is 4.79 Å². The molecule has 1 saturated carbocycles. The molecule has 1 heterocycles. The van der Waals surface area contributed by atoms with E-state index >= 15 is 0 Å². The molecule has 0 aromatic heterocycles. The average molecular weight is 311 g/mol. The minimum absolute atomic E-state index is 0.175. The van der Waals surface area contributed by atoms with Crippen LogP contribution >= 0.6 is 0 Å². The molecule has 1 amide bonds. The summed E-state index contributed by atoms with van der Waals surface area (Å²) in [5.41, 5.74) is 5.36. The van der Waals surface area contributed by atoms with Crippen molar-refractivity contribution >= 4 is 6.09 Å². The zero-order valence-electron chi connectivity index (χ0n) is 14.7. The predicted octanol–water partition coefficient (Wildman–Crippen LogP) is 2.45. The summed E-state index contributed by atoms with van der Waals surface area (Å²) in [4.78, 5) is 16.7. The van der Waals surface area contributed by atoms with Crippen molar-refractivity contribution in [3.8, 4) is 0 Å². The van der Waals surface area contributed by atoms with Gasteiger partial charge < -0.3 is 15.4 Å². The van der Waals surface area contributed by atoms with Crippen LogP contribution in [0.4, 0.5) is 4.79 Å². The van der Waals surface area contributed by atoms with E-state index in [1.165, 1.54) is 25.7 Å².